The van der Waals surface area contributed by atoms with Crippen molar-refractivity contribution in [3.63, 3.8) is 0 Å². The Hall–Kier alpha value is -2.80. The predicted octanol–water partition coefficient (Wildman–Crippen LogP) is 2.66. The van der Waals surface area contributed by atoms with Gasteiger partial charge in [0, 0.05) is 12.7 Å². The molecule has 2 rings (SSSR count). The van der Waals surface area contributed by atoms with Gasteiger partial charge in [-0.25, -0.2) is 9.78 Å². The summed E-state index contributed by atoms with van der Waals surface area (Å²) in [4.78, 5) is 27.9. The molecular weight excluding hydrogens is 372 g/mol. The van der Waals surface area contributed by atoms with Crippen LogP contribution < -0.4 is 14.8 Å². The zero-order valence-electron chi connectivity index (χ0n) is 15.3. The number of rotatable bonds is 8. The van der Waals surface area contributed by atoms with Gasteiger partial charge in [-0.15, -0.1) is 0 Å². The van der Waals surface area contributed by atoms with Crippen LogP contribution in [-0.4, -0.2) is 43.7 Å². The van der Waals surface area contributed by atoms with Crippen LogP contribution in [0, 0.1) is 0 Å². The van der Waals surface area contributed by atoms with Crippen LogP contribution >= 0.6 is 11.6 Å². The Kier molecular flexibility index (Phi) is 7.43. The van der Waals surface area contributed by atoms with E-state index in [4.69, 9.17) is 25.8 Å². The first-order valence-electron chi connectivity index (χ1n) is 8.25. The van der Waals surface area contributed by atoms with Gasteiger partial charge in [0.05, 0.1) is 19.8 Å². The second-order valence-electron chi connectivity index (χ2n) is 5.65. The molecule has 2 aromatic rings. The van der Waals surface area contributed by atoms with Crippen molar-refractivity contribution in [2.75, 3.05) is 20.8 Å². The highest BCUT2D eigenvalue weighted by atomic mass is 35.5. The molecular formula is C19H21ClN2O5. The molecule has 0 spiro atoms. The number of esters is 1. The minimum Gasteiger partial charge on any atom is -0.493 e. The number of halogens is 1. The van der Waals surface area contributed by atoms with E-state index in [1.807, 2.05) is 12.1 Å². The molecule has 0 aliphatic rings. The highest BCUT2D eigenvalue weighted by Crippen LogP contribution is 2.27. The van der Waals surface area contributed by atoms with E-state index in [1.54, 1.807) is 20.3 Å². The molecule has 8 heteroatoms. The van der Waals surface area contributed by atoms with Crippen molar-refractivity contribution in [2.45, 2.75) is 19.4 Å². The van der Waals surface area contributed by atoms with Crippen molar-refractivity contribution in [2.24, 2.45) is 0 Å². The van der Waals surface area contributed by atoms with E-state index in [0.29, 0.717) is 24.5 Å². The predicted molar refractivity (Wildman–Crippen MR) is 100 cm³/mol. The molecule has 0 fully saturated rings. The molecule has 1 amide bonds. The van der Waals surface area contributed by atoms with E-state index in [2.05, 4.69) is 10.3 Å². The van der Waals surface area contributed by atoms with E-state index in [0.717, 1.165) is 5.56 Å². The Balaban J connectivity index is 1.82. The van der Waals surface area contributed by atoms with Crippen molar-refractivity contribution in [3.05, 3.63) is 52.8 Å². The third kappa shape index (κ3) is 5.86. The largest absolute Gasteiger partial charge is 0.493 e. The lowest BCUT2D eigenvalue weighted by atomic mass is 10.1. The fraction of sp³-hybridized carbons (Fsp3) is 0.316. The van der Waals surface area contributed by atoms with Crippen LogP contribution in [-0.2, 0) is 16.0 Å². The van der Waals surface area contributed by atoms with Crippen LogP contribution in [0.5, 0.6) is 11.5 Å². The molecule has 1 atom stereocenters. The lowest BCUT2D eigenvalue weighted by Gasteiger charge is -2.14. The summed E-state index contributed by atoms with van der Waals surface area (Å²) in [6.45, 7) is 1.89. The molecule has 144 valence electrons. The van der Waals surface area contributed by atoms with Crippen LogP contribution in [0.4, 0.5) is 0 Å². The minimum absolute atomic E-state index is 0.226. The third-order valence-electron chi connectivity index (χ3n) is 3.78. The van der Waals surface area contributed by atoms with Crippen LogP contribution in [0.2, 0.25) is 5.15 Å². The molecule has 0 saturated heterocycles. The Morgan fingerprint density at radius 1 is 1.15 bits per heavy atom. The van der Waals surface area contributed by atoms with Crippen molar-refractivity contribution < 1.29 is 23.8 Å². The fourth-order valence-corrected chi connectivity index (χ4v) is 2.40. The maximum atomic E-state index is 12.1. The number of benzene rings is 1. The van der Waals surface area contributed by atoms with E-state index in [9.17, 15) is 9.59 Å². The second kappa shape index (κ2) is 9.78. The summed E-state index contributed by atoms with van der Waals surface area (Å²) < 4.78 is 15.6. The van der Waals surface area contributed by atoms with Crippen LogP contribution in [0.15, 0.2) is 36.5 Å². The van der Waals surface area contributed by atoms with E-state index < -0.39 is 12.1 Å². The topological polar surface area (TPSA) is 86.8 Å². The standard InChI is InChI=1S/C19H21ClN2O5/c1-12(27-19(24)14-5-7-17(20)22-11-14)18(23)21-9-8-13-4-6-15(25-2)16(10-13)26-3/h4-7,10-12H,8-9H2,1-3H3,(H,21,23). The summed E-state index contributed by atoms with van der Waals surface area (Å²) >= 11 is 5.67. The summed E-state index contributed by atoms with van der Waals surface area (Å²) in [5, 5.41) is 3.01. The van der Waals surface area contributed by atoms with Crippen molar-refractivity contribution >= 4 is 23.5 Å². The quantitative estimate of drug-likeness (QED) is 0.549. The van der Waals surface area contributed by atoms with E-state index >= 15 is 0 Å². The Labute approximate surface area is 162 Å². The summed E-state index contributed by atoms with van der Waals surface area (Å²) in [6.07, 6.45) is 0.957. The molecule has 1 N–H and O–H groups in total. The number of carbonyl (C=O) groups is 2. The number of carbonyl (C=O) groups excluding carboxylic acids is 2. The highest BCUT2D eigenvalue weighted by Gasteiger charge is 2.18. The first-order valence-corrected chi connectivity index (χ1v) is 8.63. The Bertz CT molecular complexity index is 795. The van der Waals surface area contributed by atoms with Gasteiger partial charge >= 0.3 is 5.97 Å². The van der Waals surface area contributed by atoms with Gasteiger partial charge in [-0.2, -0.15) is 0 Å². The summed E-state index contributed by atoms with van der Waals surface area (Å²) in [5.41, 5.74) is 1.20. The van der Waals surface area contributed by atoms with Crippen LogP contribution in [0.25, 0.3) is 0 Å². The zero-order chi connectivity index (χ0) is 19.8. The Morgan fingerprint density at radius 2 is 1.89 bits per heavy atom. The van der Waals surface area contributed by atoms with Gasteiger partial charge in [0.25, 0.3) is 5.91 Å². The van der Waals surface area contributed by atoms with Gasteiger partial charge in [-0.05, 0) is 43.2 Å². The third-order valence-corrected chi connectivity index (χ3v) is 4.00. The van der Waals surface area contributed by atoms with Crippen LogP contribution in [0.3, 0.4) is 0 Å². The lowest BCUT2D eigenvalue weighted by molar-refractivity contribution is -0.129. The molecule has 0 aliphatic heterocycles. The molecule has 0 radical (unpaired) electrons. The number of nitrogens with zero attached hydrogens (tertiary/aromatic N) is 1. The highest BCUT2D eigenvalue weighted by molar-refractivity contribution is 6.29. The van der Waals surface area contributed by atoms with E-state index in [1.165, 1.54) is 25.3 Å². The smallest absolute Gasteiger partial charge is 0.340 e. The molecule has 0 saturated carbocycles. The average molecular weight is 393 g/mol. The van der Waals surface area contributed by atoms with Gasteiger partial charge in [-0.3, -0.25) is 4.79 Å². The average Bonchev–Trinajstić information content (AvgIpc) is 2.68. The summed E-state index contributed by atoms with van der Waals surface area (Å²) in [6, 6.07) is 8.51. The zero-order valence-corrected chi connectivity index (χ0v) is 16.1. The van der Waals surface area contributed by atoms with Gasteiger partial charge in [0.15, 0.2) is 17.6 Å². The second-order valence-corrected chi connectivity index (χ2v) is 6.03. The molecule has 1 aromatic heterocycles. The SMILES string of the molecule is COc1ccc(CCNC(=O)C(C)OC(=O)c2ccc(Cl)nc2)cc1OC. The van der Waals surface area contributed by atoms with Crippen molar-refractivity contribution in [1.82, 2.24) is 10.3 Å². The Morgan fingerprint density at radius 3 is 2.52 bits per heavy atom. The maximum Gasteiger partial charge on any atom is 0.340 e. The minimum atomic E-state index is -0.932. The first-order chi connectivity index (χ1) is 12.9. The number of aromatic nitrogens is 1. The van der Waals surface area contributed by atoms with Gasteiger partial charge in [0.1, 0.15) is 5.15 Å². The number of pyridine rings is 1. The molecule has 1 unspecified atom stereocenters. The first kappa shape index (κ1) is 20.5. The number of hydrogen-bond donors (Lipinski definition) is 1. The molecule has 0 aliphatic carbocycles. The van der Waals surface area contributed by atoms with Gasteiger partial charge < -0.3 is 19.5 Å². The molecule has 27 heavy (non-hydrogen) atoms. The monoisotopic (exact) mass is 392 g/mol. The lowest BCUT2D eigenvalue weighted by Crippen LogP contribution is -2.36. The van der Waals surface area contributed by atoms with E-state index in [-0.39, 0.29) is 16.6 Å². The molecule has 0 bridgehead atoms. The normalized spacial score (nSPS) is 11.4. The van der Waals surface area contributed by atoms with Crippen molar-refractivity contribution in [1.29, 1.82) is 0 Å². The number of methoxy groups -OCH3 is 2. The molecule has 7 nitrogen and oxygen atoms in total. The number of hydrogen-bond acceptors (Lipinski definition) is 6. The van der Waals surface area contributed by atoms with Gasteiger partial charge in [-0.1, -0.05) is 17.7 Å². The molecule has 1 heterocycles. The molecule has 1 aromatic carbocycles. The summed E-state index contributed by atoms with van der Waals surface area (Å²) in [5.74, 6) is 0.246. The summed E-state index contributed by atoms with van der Waals surface area (Å²) in [7, 11) is 3.14. The number of ether oxygens (including phenoxy) is 3. The fourth-order valence-electron chi connectivity index (χ4n) is 2.29. The number of nitrogens with one attached hydrogen (secondary N) is 1. The maximum absolute atomic E-state index is 12.1. The van der Waals surface area contributed by atoms with Crippen molar-refractivity contribution in [3.8, 4) is 11.5 Å². The van der Waals surface area contributed by atoms with Gasteiger partial charge in [0.2, 0.25) is 0 Å². The van der Waals surface area contributed by atoms with Crippen LogP contribution in [0.1, 0.15) is 22.8 Å². The number of amides is 1.